The zero-order valence-corrected chi connectivity index (χ0v) is 10.2. The molecule has 0 saturated heterocycles. The van der Waals surface area contributed by atoms with Crippen molar-refractivity contribution in [1.82, 2.24) is 10.2 Å². The molecule has 1 aromatic carbocycles. The Morgan fingerprint density at radius 2 is 2.12 bits per heavy atom. The van der Waals surface area contributed by atoms with Crippen LogP contribution < -0.4 is 5.32 Å². The van der Waals surface area contributed by atoms with Gasteiger partial charge in [0.2, 0.25) is 0 Å². The highest BCUT2D eigenvalue weighted by atomic mass is 35.5. The second kappa shape index (κ2) is 4.76. The normalized spacial score (nSPS) is 12.4. The van der Waals surface area contributed by atoms with Crippen molar-refractivity contribution in [2.75, 3.05) is 5.32 Å². The van der Waals surface area contributed by atoms with E-state index in [4.69, 9.17) is 23.2 Å². The maximum atomic E-state index is 5.96. The molecule has 3 nitrogen and oxygen atoms in total. The highest BCUT2D eigenvalue weighted by molar-refractivity contribution is 6.42. The van der Waals surface area contributed by atoms with Crippen molar-refractivity contribution in [1.29, 1.82) is 0 Å². The lowest BCUT2D eigenvalue weighted by Crippen LogP contribution is -2.05. The van der Waals surface area contributed by atoms with Gasteiger partial charge in [0, 0.05) is 12.2 Å². The first-order valence-electron chi connectivity index (χ1n) is 4.87. The highest BCUT2D eigenvalue weighted by Gasteiger charge is 2.07. The van der Waals surface area contributed by atoms with Crippen LogP contribution in [0.3, 0.4) is 0 Å². The van der Waals surface area contributed by atoms with Gasteiger partial charge in [0.1, 0.15) is 0 Å². The molecule has 0 aliphatic heterocycles. The van der Waals surface area contributed by atoms with E-state index in [-0.39, 0.29) is 6.04 Å². The summed E-state index contributed by atoms with van der Waals surface area (Å²) < 4.78 is 0. The summed E-state index contributed by atoms with van der Waals surface area (Å²) >= 11 is 11.8. The standard InChI is InChI=1S/C11H11Cl2N3/c1-7(16-9-5-14-15-6-9)8-2-3-10(12)11(13)4-8/h2-7,16H,1H3,(H,14,15). The van der Waals surface area contributed by atoms with Crippen molar-refractivity contribution in [3.8, 4) is 0 Å². The van der Waals surface area contributed by atoms with Crippen LogP contribution in [0, 0.1) is 0 Å². The Bertz CT molecular complexity index is 468. The molecule has 0 amide bonds. The largest absolute Gasteiger partial charge is 0.376 e. The highest BCUT2D eigenvalue weighted by Crippen LogP contribution is 2.26. The molecule has 0 spiro atoms. The molecule has 1 aromatic heterocycles. The van der Waals surface area contributed by atoms with Crippen LogP contribution in [0.4, 0.5) is 5.69 Å². The minimum Gasteiger partial charge on any atom is -0.376 e. The fraction of sp³-hybridized carbons (Fsp3) is 0.182. The molecule has 2 aromatic rings. The average Bonchev–Trinajstić information content (AvgIpc) is 2.74. The summed E-state index contributed by atoms with van der Waals surface area (Å²) in [4.78, 5) is 0. The Hall–Kier alpha value is -1.19. The summed E-state index contributed by atoms with van der Waals surface area (Å²) in [6.07, 6.45) is 3.53. The summed E-state index contributed by atoms with van der Waals surface area (Å²) in [6.45, 7) is 2.05. The number of nitrogens with one attached hydrogen (secondary N) is 2. The lowest BCUT2D eigenvalue weighted by molar-refractivity contribution is 0.885. The van der Waals surface area contributed by atoms with Gasteiger partial charge in [0.15, 0.2) is 0 Å². The van der Waals surface area contributed by atoms with E-state index in [1.807, 2.05) is 19.1 Å². The fourth-order valence-corrected chi connectivity index (χ4v) is 1.75. The van der Waals surface area contributed by atoms with E-state index in [1.54, 1.807) is 18.5 Å². The molecule has 1 unspecified atom stereocenters. The number of anilines is 1. The van der Waals surface area contributed by atoms with Crippen LogP contribution in [0.5, 0.6) is 0 Å². The van der Waals surface area contributed by atoms with Crippen LogP contribution in [0.15, 0.2) is 30.6 Å². The van der Waals surface area contributed by atoms with Crippen molar-refractivity contribution in [3.05, 3.63) is 46.2 Å². The summed E-state index contributed by atoms with van der Waals surface area (Å²) in [7, 11) is 0. The quantitative estimate of drug-likeness (QED) is 0.874. The first kappa shape index (κ1) is 11.3. The van der Waals surface area contributed by atoms with Gasteiger partial charge in [-0.2, -0.15) is 5.10 Å². The van der Waals surface area contributed by atoms with Gasteiger partial charge in [-0.1, -0.05) is 29.3 Å². The van der Waals surface area contributed by atoms with Crippen LogP contribution in [0.1, 0.15) is 18.5 Å². The molecule has 1 heterocycles. The van der Waals surface area contributed by atoms with Crippen LogP contribution in [-0.4, -0.2) is 10.2 Å². The topological polar surface area (TPSA) is 40.7 Å². The lowest BCUT2D eigenvalue weighted by atomic mass is 10.1. The van der Waals surface area contributed by atoms with Crippen LogP contribution in [-0.2, 0) is 0 Å². The van der Waals surface area contributed by atoms with Gasteiger partial charge >= 0.3 is 0 Å². The summed E-state index contributed by atoms with van der Waals surface area (Å²) in [5.41, 5.74) is 2.02. The first-order chi connectivity index (χ1) is 7.66. The van der Waals surface area contributed by atoms with Gasteiger partial charge in [-0.3, -0.25) is 5.10 Å². The monoisotopic (exact) mass is 255 g/mol. The van der Waals surface area contributed by atoms with Gasteiger partial charge in [0.25, 0.3) is 0 Å². The first-order valence-corrected chi connectivity index (χ1v) is 5.62. The average molecular weight is 256 g/mol. The van der Waals surface area contributed by atoms with Crippen molar-refractivity contribution < 1.29 is 0 Å². The number of hydrogen-bond donors (Lipinski definition) is 2. The molecule has 2 N–H and O–H groups in total. The van der Waals surface area contributed by atoms with Gasteiger partial charge in [-0.25, -0.2) is 0 Å². The van der Waals surface area contributed by atoms with E-state index >= 15 is 0 Å². The summed E-state index contributed by atoms with van der Waals surface area (Å²) in [5, 5.41) is 11.0. The summed E-state index contributed by atoms with van der Waals surface area (Å²) in [5.74, 6) is 0. The molecule has 0 aliphatic carbocycles. The van der Waals surface area contributed by atoms with E-state index in [1.165, 1.54) is 0 Å². The minimum absolute atomic E-state index is 0.146. The van der Waals surface area contributed by atoms with E-state index < -0.39 is 0 Å². The van der Waals surface area contributed by atoms with Crippen LogP contribution in [0.2, 0.25) is 10.0 Å². The molecule has 0 aliphatic rings. The maximum absolute atomic E-state index is 5.96. The van der Waals surface area contributed by atoms with E-state index in [0.29, 0.717) is 10.0 Å². The predicted molar refractivity (Wildman–Crippen MR) is 67.1 cm³/mol. The molecule has 0 bridgehead atoms. The van der Waals surface area contributed by atoms with Gasteiger partial charge in [0.05, 0.1) is 21.9 Å². The number of benzene rings is 1. The molecule has 16 heavy (non-hydrogen) atoms. The molecular weight excluding hydrogens is 245 g/mol. The number of hydrogen-bond acceptors (Lipinski definition) is 2. The van der Waals surface area contributed by atoms with E-state index in [9.17, 15) is 0 Å². The Balaban J connectivity index is 2.14. The molecular formula is C11H11Cl2N3. The second-order valence-corrected chi connectivity index (χ2v) is 4.34. The third-order valence-corrected chi connectivity index (χ3v) is 3.06. The number of aromatic nitrogens is 2. The SMILES string of the molecule is CC(Nc1cn[nH]c1)c1ccc(Cl)c(Cl)c1. The molecule has 0 saturated carbocycles. The van der Waals surface area contributed by atoms with Gasteiger partial charge < -0.3 is 5.32 Å². The minimum atomic E-state index is 0.146. The van der Waals surface area contributed by atoms with Crippen molar-refractivity contribution >= 4 is 28.9 Å². The molecule has 1 atom stereocenters. The summed E-state index contributed by atoms with van der Waals surface area (Å²) in [6, 6.07) is 5.76. The van der Waals surface area contributed by atoms with Crippen molar-refractivity contribution in [3.63, 3.8) is 0 Å². The second-order valence-electron chi connectivity index (χ2n) is 3.53. The Labute approximate surface area is 104 Å². The number of H-pyrrole nitrogens is 1. The van der Waals surface area contributed by atoms with Gasteiger partial charge in [-0.05, 0) is 24.6 Å². The smallest absolute Gasteiger partial charge is 0.0728 e. The number of aromatic amines is 1. The van der Waals surface area contributed by atoms with Crippen LogP contribution >= 0.6 is 23.2 Å². The zero-order chi connectivity index (χ0) is 11.5. The zero-order valence-electron chi connectivity index (χ0n) is 8.67. The van der Waals surface area contributed by atoms with Crippen molar-refractivity contribution in [2.24, 2.45) is 0 Å². The van der Waals surface area contributed by atoms with Crippen molar-refractivity contribution in [2.45, 2.75) is 13.0 Å². The Kier molecular flexibility index (Phi) is 3.36. The number of rotatable bonds is 3. The number of halogens is 2. The molecule has 5 heteroatoms. The molecule has 0 radical (unpaired) electrons. The predicted octanol–water partition coefficient (Wildman–Crippen LogP) is 3.89. The Morgan fingerprint density at radius 3 is 2.75 bits per heavy atom. The van der Waals surface area contributed by atoms with Crippen LogP contribution in [0.25, 0.3) is 0 Å². The van der Waals surface area contributed by atoms with E-state index in [0.717, 1.165) is 11.3 Å². The lowest BCUT2D eigenvalue weighted by Gasteiger charge is -2.14. The molecule has 0 fully saturated rings. The third-order valence-electron chi connectivity index (χ3n) is 2.33. The fourth-order valence-electron chi connectivity index (χ4n) is 1.44. The Morgan fingerprint density at radius 1 is 1.31 bits per heavy atom. The molecule has 84 valence electrons. The number of nitrogens with zero attached hydrogens (tertiary/aromatic N) is 1. The van der Waals surface area contributed by atoms with Gasteiger partial charge in [-0.15, -0.1) is 0 Å². The molecule has 2 rings (SSSR count). The third kappa shape index (κ3) is 2.49. The van der Waals surface area contributed by atoms with E-state index in [2.05, 4.69) is 15.5 Å². The maximum Gasteiger partial charge on any atom is 0.0728 e.